The van der Waals surface area contributed by atoms with Crippen LogP contribution in [-0.2, 0) is 20.4 Å². The number of carboxylic acid groups (broad SMARTS) is 1. The third-order valence-electron chi connectivity index (χ3n) is 5.37. The number of hydrogen-bond acceptors (Lipinski definition) is 4. The molecule has 0 aromatic carbocycles. The molecule has 0 saturated heterocycles. The van der Waals surface area contributed by atoms with Gasteiger partial charge < -0.3 is 10.2 Å². The number of carbonyl (C=O) groups is 2. The van der Waals surface area contributed by atoms with Crippen molar-refractivity contribution >= 4 is 22.6 Å². The third kappa shape index (κ3) is 9.28. The SMILES string of the molecule is CCCCCC/C=C/[C@H]1[C@H](CS(C)=O)CC(=O)[C@@H]1C/C=C\CCC(O)C(=O)O. The van der Waals surface area contributed by atoms with Gasteiger partial charge in [-0.1, -0.05) is 50.5 Å². The van der Waals surface area contributed by atoms with E-state index in [1.54, 1.807) is 6.26 Å². The Morgan fingerprint density at radius 3 is 2.61 bits per heavy atom. The number of carboxylic acids is 1. The molecule has 1 aliphatic carbocycles. The highest BCUT2D eigenvalue weighted by atomic mass is 32.2. The molecule has 0 aromatic heterocycles. The molecule has 0 aliphatic heterocycles. The smallest absolute Gasteiger partial charge is 0.332 e. The molecule has 0 aromatic rings. The molecule has 0 bridgehead atoms. The van der Waals surface area contributed by atoms with Crippen LogP contribution in [0.5, 0.6) is 0 Å². The van der Waals surface area contributed by atoms with E-state index >= 15 is 0 Å². The maximum Gasteiger partial charge on any atom is 0.332 e. The molecule has 5 nitrogen and oxygen atoms in total. The van der Waals surface area contributed by atoms with E-state index in [2.05, 4.69) is 19.1 Å². The highest BCUT2D eigenvalue weighted by Gasteiger charge is 2.40. The maximum atomic E-state index is 12.5. The monoisotopic (exact) mass is 412 g/mol. The summed E-state index contributed by atoms with van der Waals surface area (Å²) >= 11 is 0. The Morgan fingerprint density at radius 1 is 1.21 bits per heavy atom. The molecule has 28 heavy (non-hydrogen) atoms. The van der Waals surface area contributed by atoms with Gasteiger partial charge in [-0.05, 0) is 43.9 Å². The number of carbonyl (C=O) groups excluding carboxylic acids is 1. The van der Waals surface area contributed by atoms with Crippen molar-refractivity contribution in [2.75, 3.05) is 12.0 Å². The Morgan fingerprint density at radius 2 is 1.96 bits per heavy atom. The number of hydrogen-bond donors (Lipinski definition) is 2. The van der Waals surface area contributed by atoms with Gasteiger partial charge in [-0.2, -0.15) is 0 Å². The lowest BCUT2D eigenvalue weighted by atomic mass is 9.87. The van der Waals surface area contributed by atoms with Crippen molar-refractivity contribution in [3.8, 4) is 0 Å². The Labute approximate surface area is 171 Å². The van der Waals surface area contributed by atoms with Crippen LogP contribution in [0.25, 0.3) is 0 Å². The van der Waals surface area contributed by atoms with Crippen LogP contribution in [-0.4, -0.2) is 44.3 Å². The van der Waals surface area contributed by atoms with Gasteiger partial charge in [0.2, 0.25) is 0 Å². The summed E-state index contributed by atoms with van der Waals surface area (Å²) in [7, 11) is -0.924. The summed E-state index contributed by atoms with van der Waals surface area (Å²) in [6, 6.07) is 0. The van der Waals surface area contributed by atoms with Crippen LogP contribution in [0.3, 0.4) is 0 Å². The third-order valence-corrected chi connectivity index (χ3v) is 6.26. The largest absolute Gasteiger partial charge is 0.479 e. The molecule has 160 valence electrons. The van der Waals surface area contributed by atoms with Crippen LogP contribution in [0.15, 0.2) is 24.3 Å². The number of unbranched alkanes of at least 4 members (excludes halogenated alkanes) is 4. The molecule has 1 aliphatic rings. The lowest BCUT2D eigenvalue weighted by molar-refractivity contribution is -0.146. The van der Waals surface area contributed by atoms with Crippen LogP contribution in [0.1, 0.15) is 64.7 Å². The number of ketones is 1. The van der Waals surface area contributed by atoms with Crippen molar-refractivity contribution < 1.29 is 24.0 Å². The maximum absolute atomic E-state index is 12.5. The van der Waals surface area contributed by atoms with E-state index in [4.69, 9.17) is 5.11 Å². The van der Waals surface area contributed by atoms with Gasteiger partial charge in [0.25, 0.3) is 0 Å². The second-order valence-electron chi connectivity index (χ2n) is 7.77. The average Bonchev–Trinajstić information content (AvgIpc) is 2.91. The Balaban J connectivity index is 2.62. The molecule has 2 unspecified atom stereocenters. The Bertz CT molecular complexity index is 569. The fourth-order valence-corrected chi connectivity index (χ4v) is 4.76. The normalized spacial score (nSPS) is 25.0. The molecule has 6 heteroatoms. The number of Topliss-reactive ketones (excluding diaryl/α,β-unsaturated/α-hetero) is 1. The van der Waals surface area contributed by atoms with Crippen LogP contribution in [0.2, 0.25) is 0 Å². The van der Waals surface area contributed by atoms with Crippen molar-refractivity contribution in [2.24, 2.45) is 17.8 Å². The van der Waals surface area contributed by atoms with Crippen LogP contribution < -0.4 is 0 Å². The second kappa shape index (κ2) is 13.8. The molecule has 1 saturated carbocycles. The molecule has 0 spiro atoms. The van der Waals surface area contributed by atoms with E-state index in [0.717, 1.165) is 12.8 Å². The van der Waals surface area contributed by atoms with E-state index in [-0.39, 0.29) is 30.0 Å². The lowest BCUT2D eigenvalue weighted by Crippen LogP contribution is -2.19. The van der Waals surface area contributed by atoms with Gasteiger partial charge in [-0.15, -0.1) is 0 Å². The van der Waals surface area contributed by atoms with Crippen molar-refractivity contribution in [2.45, 2.75) is 70.8 Å². The van der Waals surface area contributed by atoms with Gasteiger partial charge >= 0.3 is 5.97 Å². The fourth-order valence-electron chi connectivity index (χ4n) is 3.82. The topological polar surface area (TPSA) is 91.7 Å². The summed E-state index contributed by atoms with van der Waals surface area (Å²) < 4.78 is 11.7. The molecule has 0 heterocycles. The van der Waals surface area contributed by atoms with E-state index in [9.17, 15) is 18.9 Å². The zero-order valence-corrected chi connectivity index (χ0v) is 18.0. The quantitative estimate of drug-likeness (QED) is 0.334. The van der Waals surface area contributed by atoms with E-state index in [1.165, 1.54) is 19.3 Å². The molecule has 1 fully saturated rings. The minimum absolute atomic E-state index is 0.0962. The summed E-state index contributed by atoms with van der Waals surface area (Å²) in [4.78, 5) is 23.1. The van der Waals surface area contributed by atoms with Gasteiger partial charge in [0.1, 0.15) is 5.78 Å². The molecular formula is C22H36O5S. The average molecular weight is 413 g/mol. The number of aliphatic hydroxyl groups excluding tert-OH is 1. The van der Waals surface area contributed by atoms with Gasteiger partial charge in [-0.3, -0.25) is 9.00 Å². The van der Waals surface area contributed by atoms with E-state index in [0.29, 0.717) is 25.0 Å². The lowest BCUT2D eigenvalue weighted by Gasteiger charge is -2.19. The molecule has 1 rings (SSSR count). The first-order valence-electron chi connectivity index (χ1n) is 10.4. The number of aliphatic carboxylic acids is 1. The van der Waals surface area contributed by atoms with Gasteiger partial charge in [0, 0.05) is 35.1 Å². The van der Waals surface area contributed by atoms with Crippen LogP contribution >= 0.6 is 0 Å². The summed E-state index contributed by atoms with van der Waals surface area (Å²) in [5, 5.41) is 18.0. The predicted octanol–water partition coefficient (Wildman–Crippen LogP) is 3.88. The molecular weight excluding hydrogens is 376 g/mol. The van der Waals surface area contributed by atoms with Crippen molar-refractivity contribution in [3.05, 3.63) is 24.3 Å². The second-order valence-corrected chi connectivity index (χ2v) is 9.25. The van der Waals surface area contributed by atoms with Gasteiger partial charge in [0.05, 0.1) is 0 Å². The first-order chi connectivity index (χ1) is 13.4. The minimum atomic E-state index is -1.34. The zero-order valence-electron chi connectivity index (χ0n) is 17.2. The van der Waals surface area contributed by atoms with Crippen molar-refractivity contribution in [1.29, 1.82) is 0 Å². The summed E-state index contributed by atoms with van der Waals surface area (Å²) in [6.45, 7) is 2.19. The van der Waals surface area contributed by atoms with E-state index in [1.807, 2.05) is 12.2 Å². The molecule has 0 amide bonds. The summed E-state index contributed by atoms with van der Waals surface area (Å²) in [5.41, 5.74) is 0. The number of allylic oxidation sites excluding steroid dienone is 4. The van der Waals surface area contributed by atoms with Crippen LogP contribution in [0, 0.1) is 17.8 Å². The molecule has 0 radical (unpaired) electrons. The van der Waals surface area contributed by atoms with E-state index < -0.39 is 22.9 Å². The highest BCUT2D eigenvalue weighted by molar-refractivity contribution is 7.84. The van der Waals surface area contributed by atoms with Crippen LogP contribution in [0.4, 0.5) is 0 Å². The number of aliphatic hydroxyl groups is 1. The Kier molecular flexibility index (Phi) is 12.2. The highest BCUT2D eigenvalue weighted by Crippen LogP contribution is 2.38. The summed E-state index contributed by atoms with van der Waals surface area (Å²) in [5.74, 6) is -0.262. The van der Waals surface area contributed by atoms with Crippen molar-refractivity contribution in [1.82, 2.24) is 0 Å². The minimum Gasteiger partial charge on any atom is -0.479 e. The predicted molar refractivity (Wildman–Crippen MR) is 114 cm³/mol. The van der Waals surface area contributed by atoms with Crippen molar-refractivity contribution in [3.63, 3.8) is 0 Å². The fraction of sp³-hybridized carbons (Fsp3) is 0.727. The molecule has 2 N–H and O–H groups in total. The standard InChI is InChI=1S/C22H36O5S/c1-3-4-5-6-7-9-12-18-17(16-28(2)27)15-21(24)19(18)13-10-8-11-14-20(23)22(25)26/h8-10,12,17-20,23H,3-7,11,13-16H2,1-2H3,(H,25,26)/b10-8-,12-9+/t17-,18-,19+,20?,28?/m0/s1. The Hall–Kier alpha value is -1.27. The zero-order chi connectivity index (χ0) is 20.9. The first kappa shape index (κ1) is 24.8. The number of rotatable bonds is 14. The summed E-state index contributed by atoms with van der Waals surface area (Å²) in [6.07, 6.45) is 16.1. The molecule has 5 atom stereocenters. The van der Waals surface area contributed by atoms with Gasteiger partial charge in [-0.25, -0.2) is 4.79 Å². The first-order valence-corrected chi connectivity index (χ1v) is 12.1. The van der Waals surface area contributed by atoms with Gasteiger partial charge in [0.15, 0.2) is 6.10 Å².